The molecule has 0 radical (unpaired) electrons. The van der Waals surface area contributed by atoms with Gasteiger partial charge in [-0.25, -0.2) is 0 Å². The summed E-state index contributed by atoms with van der Waals surface area (Å²) in [5.74, 6) is 0. The summed E-state index contributed by atoms with van der Waals surface area (Å²) >= 11 is 2.44. The van der Waals surface area contributed by atoms with Crippen molar-refractivity contribution in [1.82, 2.24) is 0 Å². The Hall–Kier alpha value is 0.390. The third-order valence-electron chi connectivity index (χ3n) is 4.08. The highest BCUT2D eigenvalue weighted by atomic mass is 127. The van der Waals surface area contributed by atoms with Crippen LogP contribution in [-0.4, -0.2) is 23.9 Å². The van der Waals surface area contributed by atoms with Gasteiger partial charge in [0, 0.05) is 13.2 Å². The van der Waals surface area contributed by atoms with Gasteiger partial charge in [0.2, 0.25) is 0 Å². The highest BCUT2D eigenvalue weighted by molar-refractivity contribution is 14.1. The van der Waals surface area contributed by atoms with Gasteiger partial charge in [-0.3, -0.25) is 0 Å². The van der Waals surface area contributed by atoms with Gasteiger partial charge in [-0.1, -0.05) is 80.7 Å². The molecular weight excluding hydrogens is 411 g/mol. The van der Waals surface area contributed by atoms with Crippen molar-refractivity contribution in [3.63, 3.8) is 0 Å². The average molecular weight is 452 g/mol. The molecule has 0 unspecified atom stereocenters. The molecule has 0 aliphatic rings. The Morgan fingerprint density at radius 1 is 0.708 bits per heavy atom. The van der Waals surface area contributed by atoms with Crippen molar-refractivity contribution >= 4 is 22.6 Å². The Kier molecular flexibility index (Phi) is 21.8. The molecule has 0 amide bonds. The lowest BCUT2D eigenvalue weighted by Gasteiger charge is -2.18. The topological polar surface area (TPSA) is 18.5 Å². The van der Waals surface area contributed by atoms with Gasteiger partial charge in [-0.2, -0.15) is 0 Å². The SMILES string of the molecule is CCCCCOC(CCCCC/C=C\CCCI)OCCCCC. The van der Waals surface area contributed by atoms with Crippen molar-refractivity contribution in [2.24, 2.45) is 0 Å². The van der Waals surface area contributed by atoms with E-state index >= 15 is 0 Å². The van der Waals surface area contributed by atoms with Crippen LogP contribution in [-0.2, 0) is 9.47 Å². The first kappa shape index (κ1) is 24.4. The Balaban J connectivity index is 3.70. The van der Waals surface area contributed by atoms with E-state index in [1.807, 2.05) is 0 Å². The monoisotopic (exact) mass is 452 g/mol. The maximum atomic E-state index is 5.96. The summed E-state index contributed by atoms with van der Waals surface area (Å²) < 4.78 is 13.2. The van der Waals surface area contributed by atoms with Gasteiger partial charge in [0.15, 0.2) is 6.29 Å². The predicted octanol–water partition coefficient (Wildman–Crippen LogP) is 7.45. The molecule has 0 aliphatic heterocycles. The fraction of sp³-hybridized carbons (Fsp3) is 0.905. The molecule has 0 atom stereocenters. The van der Waals surface area contributed by atoms with Crippen molar-refractivity contribution in [2.75, 3.05) is 17.6 Å². The summed E-state index contributed by atoms with van der Waals surface area (Å²) in [7, 11) is 0. The predicted molar refractivity (Wildman–Crippen MR) is 115 cm³/mol. The van der Waals surface area contributed by atoms with E-state index in [-0.39, 0.29) is 6.29 Å². The van der Waals surface area contributed by atoms with Crippen molar-refractivity contribution in [3.05, 3.63) is 12.2 Å². The minimum atomic E-state index is 0.0258. The molecule has 0 rings (SSSR count). The molecule has 0 bridgehead atoms. The van der Waals surface area contributed by atoms with E-state index in [1.54, 1.807) is 0 Å². The number of unbranched alkanes of at least 4 members (excludes halogenated alkanes) is 8. The standard InChI is InChI=1S/C21H41IO2/c1-3-5-15-19-23-21(24-20-16-6-4-2)17-13-11-9-7-8-10-12-14-18-22/h8,10,21H,3-7,9,11-20H2,1-2H3/b10-8-. The highest BCUT2D eigenvalue weighted by Gasteiger charge is 2.08. The number of hydrogen-bond acceptors (Lipinski definition) is 2. The zero-order valence-corrected chi connectivity index (χ0v) is 18.4. The molecule has 0 N–H and O–H groups in total. The van der Waals surface area contributed by atoms with Crippen LogP contribution in [0.4, 0.5) is 0 Å². The third-order valence-corrected chi connectivity index (χ3v) is 4.85. The van der Waals surface area contributed by atoms with E-state index < -0.39 is 0 Å². The Bertz CT molecular complexity index is 244. The number of ether oxygens (including phenoxy) is 2. The molecule has 0 aromatic heterocycles. The minimum Gasteiger partial charge on any atom is -0.353 e. The van der Waals surface area contributed by atoms with Gasteiger partial charge < -0.3 is 9.47 Å². The summed E-state index contributed by atoms with van der Waals surface area (Å²) in [6, 6.07) is 0. The van der Waals surface area contributed by atoms with Crippen LogP contribution in [0.3, 0.4) is 0 Å². The third kappa shape index (κ3) is 18.7. The zero-order valence-electron chi connectivity index (χ0n) is 16.2. The number of rotatable bonds is 19. The molecule has 24 heavy (non-hydrogen) atoms. The molecule has 0 spiro atoms. The largest absolute Gasteiger partial charge is 0.353 e. The summed E-state index contributed by atoms with van der Waals surface area (Å²) in [5, 5.41) is 0. The molecule has 0 saturated carbocycles. The summed E-state index contributed by atoms with van der Waals surface area (Å²) in [4.78, 5) is 0. The van der Waals surface area contributed by atoms with E-state index in [2.05, 4.69) is 48.6 Å². The van der Waals surface area contributed by atoms with Crippen LogP contribution in [0.15, 0.2) is 12.2 Å². The van der Waals surface area contributed by atoms with Crippen LogP contribution in [0.25, 0.3) is 0 Å². The number of hydrogen-bond donors (Lipinski definition) is 0. The molecule has 0 aromatic rings. The lowest BCUT2D eigenvalue weighted by atomic mass is 10.1. The van der Waals surface area contributed by atoms with Crippen LogP contribution in [0.5, 0.6) is 0 Å². The van der Waals surface area contributed by atoms with Crippen LogP contribution < -0.4 is 0 Å². The van der Waals surface area contributed by atoms with Gasteiger partial charge in [0.05, 0.1) is 0 Å². The molecule has 2 nitrogen and oxygen atoms in total. The lowest BCUT2D eigenvalue weighted by Crippen LogP contribution is -2.19. The number of allylic oxidation sites excluding steroid dienone is 2. The average Bonchev–Trinajstić information content (AvgIpc) is 2.60. The fourth-order valence-electron chi connectivity index (χ4n) is 2.53. The van der Waals surface area contributed by atoms with Crippen molar-refractivity contribution < 1.29 is 9.47 Å². The maximum absolute atomic E-state index is 5.96. The molecule has 3 heteroatoms. The molecule has 0 fully saturated rings. The van der Waals surface area contributed by atoms with Gasteiger partial charge >= 0.3 is 0 Å². The van der Waals surface area contributed by atoms with E-state index in [4.69, 9.17) is 9.47 Å². The smallest absolute Gasteiger partial charge is 0.157 e. The van der Waals surface area contributed by atoms with Crippen molar-refractivity contribution in [3.8, 4) is 0 Å². The highest BCUT2D eigenvalue weighted by Crippen LogP contribution is 2.12. The van der Waals surface area contributed by atoms with Gasteiger partial charge in [-0.15, -0.1) is 0 Å². The first-order valence-corrected chi connectivity index (χ1v) is 11.8. The van der Waals surface area contributed by atoms with Gasteiger partial charge in [0.25, 0.3) is 0 Å². The van der Waals surface area contributed by atoms with Crippen LogP contribution >= 0.6 is 22.6 Å². The van der Waals surface area contributed by atoms with Crippen LogP contribution in [0.2, 0.25) is 0 Å². The maximum Gasteiger partial charge on any atom is 0.157 e. The molecule has 0 heterocycles. The van der Waals surface area contributed by atoms with E-state index in [1.165, 1.54) is 68.6 Å². The molecular formula is C21H41IO2. The van der Waals surface area contributed by atoms with E-state index in [9.17, 15) is 0 Å². The Labute approximate surface area is 165 Å². The Morgan fingerprint density at radius 2 is 1.29 bits per heavy atom. The Morgan fingerprint density at radius 3 is 1.83 bits per heavy atom. The number of halogens is 1. The van der Waals surface area contributed by atoms with Gasteiger partial charge in [0.1, 0.15) is 0 Å². The van der Waals surface area contributed by atoms with E-state index in [0.29, 0.717) is 0 Å². The second-order valence-corrected chi connectivity index (χ2v) is 7.60. The second kappa shape index (κ2) is 21.4. The van der Waals surface area contributed by atoms with E-state index in [0.717, 1.165) is 32.5 Å². The number of alkyl halides is 1. The summed E-state index contributed by atoms with van der Waals surface area (Å²) in [6.07, 6.45) is 20.7. The van der Waals surface area contributed by atoms with Crippen LogP contribution in [0.1, 0.15) is 97.3 Å². The normalized spacial score (nSPS) is 11.8. The summed E-state index contributed by atoms with van der Waals surface area (Å²) in [6.45, 7) is 6.17. The van der Waals surface area contributed by atoms with Crippen molar-refractivity contribution in [2.45, 2.75) is 104 Å². The molecule has 0 aromatic carbocycles. The summed E-state index contributed by atoms with van der Waals surface area (Å²) in [5.41, 5.74) is 0. The van der Waals surface area contributed by atoms with Gasteiger partial charge in [-0.05, 0) is 55.8 Å². The van der Waals surface area contributed by atoms with Crippen LogP contribution in [0, 0.1) is 0 Å². The molecule has 0 aliphatic carbocycles. The fourth-order valence-corrected chi connectivity index (χ4v) is 2.97. The lowest BCUT2D eigenvalue weighted by molar-refractivity contribution is -0.148. The zero-order chi connectivity index (χ0) is 17.7. The quantitative estimate of drug-likeness (QED) is 0.0666. The molecule has 0 saturated heterocycles. The van der Waals surface area contributed by atoms with Crippen molar-refractivity contribution in [1.29, 1.82) is 0 Å². The molecule has 144 valence electrons. The first-order valence-electron chi connectivity index (χ1n) is 10.3. The first-order chi connectivity index (χ1) is 11.8. The second-order valence-electron chi connectivity index (χ2n) is 6.53. The minimum absolute atomic E-state index is 0.0258.